The van der Waals surface area contributed by atoms with Crippen LogP contribution < -0.4 is 9.46 Å². The molecule has 2 rings (SSSR count). The average Bonchev–Trinajstić information content (AvgIpc) is 2.47. The van der Waals surface area contributed by atoms with Crippen LogP contribution in [0.5, 0.6) is 5.75 Å². The summed E-state index contributed by atoms with van der Waals surface area (Å²) in [5.74, 6) is 0.485. The van der Waals surface area contributed by atoms with E-state index < -0.39 is 10.0 Å². The Morgan fingerprint density at radius 1 is 1.13 bits per heavy atom. The van der Waals surface area contributed by atoms with Gasteiger partial charge in [-0.25, -0.2) is 13.1 Å². The van der Waals surface area contributed by atoms with Gasteiger partial charge in [0.05, 0.1) is 5.75 Å². The largest absolute Gasteiger partial charge is 0.492 e. The van der Waals surface area contributed by atoms with Crippen molar-refractivity contribution in [2.45, 2.75) is 12.7 Å². The molecule has 4 nitrogen and oxygen atoms in total. The normalized spacial score (nSPS) is 11.4. The second kappa shape index (κ2) is 8.02. The van der Waals surface area contributed by atoms with Crippen molar-refractivity contribution in [1.82, 2.24) is 4.72 Å². The number of benzene rings is 2. The minimum atomic E-state index is -3.44. The molecule has 0 aliphatic carbocycles. The zero-order valence-electron chi connectivity index (χ0n) is 12.6. The second-order valence-corrected chi connectivity index (χ2v) is 7.69. The molecule has 0 atom stereocenters. The van der Waals surface area contributed by atoms with Gasteiger partial charge in [0.25, 0.3) is 0 Å². The molecular weight excluding hydrogens is 357 g/mol. The van der Waals surface area contributed by atoms with E-state index in [4.69, 9.17) is 27.9 Å². The third kappa shape index (κ3) is 6.03. The van der Waals surface area contributed by atoms with Gasteiger partial charge >= 0.3 is 0 Å². The minimum Gasteiger partial charge on any atom is -0.492 e. The van der Waals surface area contributed by atoms with Gasteiger partial charge < -0.3 is 4.74 Å². The van der Waals surface area contributed by atoms with E-state index in [1.54, 1.807) is 36.4 Å². The Labute approximate surface area is 146 Å². The topological polar surface area (TPSA) is 55.4 Å². The van der Waals surface area contributed by atoms with Gasteiger partial charge in [0.15, 0.2) is 0 Å². The van der Waals surface area contributed by atoms with Crippen LogP contribution in [0.4, 0.5) is 0 Å². The monoisotopic (exact) mass is 373 g/mol. The van der Waals surface area contributed by atoms with Crippen molar-refractivity contribution in [2.24, 2.45) is 0 Å². The summed E-state index contributed by atoms with van der Waals surface area (Å²) < 4.78 is 31.9. The van der Waals surface area contributed by atoms with Gasteiger partial charge in [-0.1, -0.05) is 41.4 Å². The number of nitrogens with one attached hydrogen (secondary N) is 1. The van der Waals surface area contributed by atoms with Gasteiger partial charge in [0, 0.05) is 16.6 Å². The number of halogens is 2. The molecule has 0 heterocycles. The first-order valence-electron chi connectivity index (χ1n) is 6.96. The lowest BCUT2D eigenvalue weighted by molar-refractivity contribution is 0.323. The molecule has 0 saturated carbocycles. The van der Waals surface area contributed by atoms with Gasteiger partial charge in [0.1, 0.15) is 12.4 Å². The maximum Gasteiger partial charge on any atom is 0.215 e. The summed E-state index contributed by atoms with van der Waals surface area (Å²) in [6.07, 6.45) is 0. The quantitative estimate of drug-likeness (QED) is 0.750. The maximum absolute atomic E-state index is 12.0. The molecule has 2 aromatic rings. The molecule has 0 amide bonds. The van der Waals surface area contributed by atoms with Crippen LogP contribution in [-0.2, 0) is 15.8 Å². The molecule has 0 spiro atoms. The van der Waals surface area contributed by atoms with E-state index in [0.717, 1.165) is 5.56 Å². The Balaban J connectivity index is 1.81. The first-order chi connectivity index (χ1) is 10.9. The van der Waals surface area contributed by atoms with E-state index in [1.807, 2.05) is 13.0 Å². The SMILES string of the molecule is Cc1ccc(OCCNS(=O)(=O)Cc2cccc(Cl)c2)cc1Cl. The molecule has 0 aromatic heterocycles. The molecule has 0 unspecified atom stereocenters. The van der Waals surface area contributed by atoms with E-state index in [0.29, 0.717) is 21.4 Å². The van der Waals surface area contributed by atoms with Gasteiger partial charge in [-0.3, -0.25) is 0 Å². The van der Waals surface area contributed by atoms with Gasteiger partial charge in [0.2, 0.25) is 10.0 Å². The van der Waals surface area contributed by atoms with E-state index in [2.05, 4.69) is 4.72 Å². The molecular formula is C16H17Cl2NO3S. The van der Waals surface area contributed by atoms with E-state index in [9.17, 15) is 8.42 Å². The Morgan fingerprint density at radius 3 is 2.61 bits per heavy atom. The highest BCUT2D eigenvalue weighted by atomic mass is 35.5. The smallest absolute Gasteiger partial charge is 0.215 e. The molecule has 0 aliphatic rings. The van der Waals surface area contributed by atoms with Crippen LogP contribution in [0.2, 0.25) is 10.0 Å². The predicted molar refractivity (Wildman–Crippen MR) is 93.8 cm³/mol. The molecule has 0 saturated heterocycles. The third-order valence-electron chi connectivity index (χ3n) is 3.08. The second-order valence-electron chi connectivity index (χ2n) is 5.04. The minimum absolute atomic E-state index is 0.121. The van der Waals surface area contributed by atoms with Gasteiger partial charge in [-0.15, -0.1) is 0 Å². The molecule has 23 heavy (non-hydrogen) atoms. The number of ether oxygens (including phenoxy) is 1. The maximum atomic E-state index is 12.0. The first-order valence-corrected chi connectivity index (χ1v) is 9.37. The summed E-state index contributed by atoms with van der Waals surface area (Å²) in [4.78, 5) is 0. The van der Waals surface area contributed by atoms with Gasteiger partial charge in [-0.2, -0.15) is 0 Å². The fourth-order valence-corrected chi connectivity index (χ4v) is 3.42. The summed E-state index contributed by atoms with van der Waals surface area (Å²) in [7, 11) is -3.44. The van der Waals surface area contributed by atoms with Crippen molar-refractivity contribution < 1.29 is 13.2 Å². The van der Waals surface area contributed by atoms with Crippen LogP contribution in [-0.4, -0.2) is 21.6 Å². The lowest BCUT2D eigenvalue weighted by atomic mass is 10.2. The Bertz CT molecular complexity index is 779. The number of rotatable bonds is 7. The lowest BCUT2D eigenvalue weighted by Gasteiger charge is -2.09. The van der Waals surface area contributed by atoms with Crippen LogP contribution in [0.25, 0.3) is 0 Å². The van der Waals surface area contributed by atoms with E-state index >= 15 is 0 Å². The van der Waals surface area contributed by atoms with Crippen LogP contribution in [0.1, 0.15) is 11.1 Å². The van der Waals surface area contributed by atoms with Crippen molar-refractivity contribution in [3.63, 3.8) is 0 Å². The van der Waals surface area contributed by atoms with Crippen molar-refractivity contribution in [2.75, 3.05) is 13.2 Å². The molecule has 0 radical (unpaired) electrons. The molecule has 0 aliphatic heterocycles. The molecule has 0 fully saturated rings. The molecule has 1 N–H and O–H groups in total. The summed E-state index contributed by atoms with van der Waals surface area (Å²) in [6, 6.07) is 12.1. The van der Waals surface area contributed by atoms with Crippen LogP contribution in [0, 0.1) is 6.92 Å². The number of sulfonamides is 1. The highest BCUT2D eigenvalue weighted by molar-refractivity contribution is 7.88. The summed E-state index contributed by atoms with van der Waals surface area (Å²) >= 11 is 11.8. The standard InChI is InChI=1S/C16H17Cl2NO3S/c1-12-5-6-15(10-16(12)18)22-8-7-19-23(20,21)11-13-3-2-4-14(17)9-13/h2-6,9-10,19H,7-8,11H2,1H3. The van der Waals surface area contributed by atoms with Crippen LogP contribution in [0.3, 0.4) is 0 Å². The van der Waals surface area contributed by atoms with Crippen molar-refractivity contribution in [3.05, 3.63) is 63.6 Å². The highest BCUT2D eigenvalue weighted by Gasteiger charge is 2.11. The van der Waals surface area contributed by atoms with E-state index in [1.165, 1.54) is 0 Å². The average molecular weight is 374 g/mol. The lowest BCUT2D eigenvalue weighted by Crippen LogP contribution is -2.29. The highest BCUT2D eigenvalue weighted by Crippen LogP contribution is 2.21. The number of hydrogen-bond donors (Lipinski definition) is 1. The fraction of sp³-hybridized carbons (Fsp3) is 0.250. The summed E-state index contributed by atoms with van der Waals surface area (Å²) in [6.45, 7) is 2.29. The zero-order chi connectivity index (χ0) is 16.9. The summed E-state index contributed by atoms with van der Waals surface area (Å²) in [5.41, 5.74) is 1.59. The van der Waals surface area contributed by atoms with Crippen LogP contribution in [0.15, 0.2) is 42.5 Å². The van der Waals surface area contributed by atoms with Crippen molar-refractivity contribution in [1.29, 1.82) is 0 Å². The fourth-order valence-electron chi connectivity index (χ4n) is 1.93. The van der Waals surface area contributed by atoms with Crippen LogP contribution >= 0.6 is 23.2 Å². The Kier molecular flexibility index (Phi) is 6.30. The van der Waals surface area contributed by atoms with Crippen molar-refractivity contribution in [3.8, 4) is 5.75 Å². The Hall–Kier alpha value is -1.27. The first kappa shape index (κ1) is 18.1. The molecule has 0 bridgehead atoms. The number of aryl methyl sites for hydroxylation is 1. The molecule has 124 valence electrons. The number of hydrogen-bond acceptors (Lipinski definition) is 3. The third-order valence-corrected chi connectivity index (χ3v) is 5.08. The van der Waals surface area contributed by atoms with Gasteiger partial charge in [-0.05, 0) is 42.3 Å². The summed E-state index contributed by atoms with van der Waals surface area (Å²) in [5, 5.41) is 1.13. The molecule has 2 aromatic carbocycles. The Morgan fingerprint density at radius 2 is 1.91 bits per heavy atom. The zero-order valence-corrected chi connectivity index (χ0v) is 14.9. The predicted octanol–water partition coefficient (Wildman–Crippen LogP) is 3.80. The van der Waals surface area contributed by atoms with Crippen molar-refractivity contribution >= 4 is 33.2 Å². The molecule has 7 heteroatoms. The van der Waals surface area contributed by atoms with E-state index in [-0.39, 0.29) is 18.9 Å².